The summed E-state index contributed by atoms with van der Waals surface area (Å²) in [7, 11) is 3.03. The average molecular weight is 519 g/mol. The van der Waals surface area contributed by atoms with Crippen LogP contribution in [0.5, 0.6) is 17.2 Å². The van der Waals surface area contributed by atoms with Crippen molar-refractivity contribution in [2.24, 2.45) is 5.10 Å². The number of anilines is 1. The van der Waals surface area contributed by atoms with Gasteiger partial charge in [0.15, 0.2) is 18.1 Å². The summed E-state index contributed by atoms with van der Waals surface area (Å²) >= 11 is 0. The number of carbonyl (C=O) groups excluding carboxylic acids is 3. The molecule has 0 fully saturated rings. The van der Waals surface area contributed by atoms with Crippen molar-refractivity contribution in [3.63, 3.8) is 0 Å². The molecule has 3 amide bonds. The Morgan fingerprint density at radius 3 is 2.21 bits per heavy atom. The number of rotatable bonds is 11. The second-order valence-electron chi connectivity index (χ2n) is 8.03. The molecule has 3 aromatic carbocycles. The molecule has 3 rings (SSSR count). The first kappa shape index (κ1) is 27.7. The van der Waals surface area contributed by atoms with Gasteiger partial charge >= 0.3 is 11.8 Å². The lowest BCUT2D eigenvalue weighted by Crippen LogP contribution is -2.37. The molecule has 0 saturated carbocycles. The number of amides is 3. The van der Waals surface area contributed by atoms with Gasteiger partial charge in [-0.2, -0.15) is 5.10 Å². The maximum Gasteiger partial charge on any atom is 0.329 e. The van der Waals surface area contributed by atoms with Gasteiger partial charge in [0.2, 0.25) is 0 Å². The lowest BCUT2D eigenvalue weighted by atomic mass is 10.1. The highest BCUT2D eigenvalue weighted by Gasteiger charge is 2.12. The first-order chi connectivity index (χ1) is 18.4. The zero-order valence-electron chi connectivity index (χ0n) is 21.4. The Balaban J connectivity index is 1.47. The minimum absolute atomic E-state index is 0.182. The summed E-state index contributed by atoms with van der Waals surface area (Å²) in [5.41, 5.74) is 5.44. The molecule has 0 saturated heterocycles. The summed E-state index contributed by atoms with van der Waals surface area (Å²) in [6, 6.07) is 19.6. The largest absolute Gasteiger partial charge is 0.497 e. The van der Waals surface area contributed by atoms with E-state index in [0.29, 0.717) is 28.5 Å². The summed E-state index contributed by atoms with van der Waals surface area (Å²) in [6.45, 7) is 2.04. The molecule has 3 aromatic rings. The third-order valence-electron chi connectivity index (χ3n) is 5.39. The number of hydrogen-bond acceptors (Lipinski definition) is 7. The van der Waals surface area contributed by atoms with Crippen molar-refractivity contribution >= 4 is 29.6 Å². The highest BCUT2D eigenvalue weighted by Crippen LogP contribution is 2.27. The Bertz CT molecular complexity index is 1270. The maximum absolute atomic E-state index is 12.2. The molecule has 0 aromatic heterocycles. The molecular formula is C28H30N4O6. The molecule has 0 heterocycles. The number of hydrazone groups is 1. The van der Waals surface area contributed by atoms with Crippen molar-refractivity contribution in [1.29, 1.82) is 0 Å². The van der Waals surface area contributed by atoms with Gasteiger partial charge in [0.1, 0.15) is 5.75 Å². The summed E-state index contributed by atoms with van der Waals surface area (Å²) < 4.78 is 16.0. The molecule has 0 aliphatic heterocycles. The Hall–Kier alpha value is -4.86. The molecule has 0 atom stereocenters. The zero-order valence-corrected chi connectivity index (χ0v) is 21.4. The van der Waals surface area contributed by atoms with Crippen LogP contribution in [-0.4, -0.2) is 44.8 Å². The molecule has 0 bridgehead atoms. The monoisotopic (exact) mass is 518 g/mol. The number of carbonyl (C=O) groups is 3. The van der Waals surface area contributed by atoms with Gasteiger partial charge in [0.25, 0.3) is 5.91 Å². The fraction of sp³-hybridized carbons (Fsp3) is 0.214. The van der Waals surface area contributed by atoms with Crippen molar-refractivity contribution < 1.29 is 28.6 Å². The van der Waals surface area contributed by atoms with Crippen LogP contribution in [0.4, 0.5) is 5.69 Å². The van der Waals surface area contributed by atoms with E-state index >= 15 is 0 Å². The minimum atomic E-state index is -0.906. The Labute approximate surface area is 221 Å². The second kappa shape index (κ2) is 14.0. The molecule has 198 valence electrons. The van der Waals surface area contributed by atoms with Crippen molar-refractivity contribution in [1.82, 2.24) is 10.7 Å². The minimum Gasteiger partial charge on any atom is -0.497 e. The lowest BCUT2D eigenvalue weighted by molar-refractivity contribution is -0.139. The normalized spacial score (nSPS) is 10.5. The number of nitrogens with one attached hydrogen (secondary N) is 3. The van der Waals surface area contributed by atoms with Crippen LogP contribution in [0.3, 0.4) is 0 Å². The Morgan fingerprint density at radius 1 is 0.842 bits per heavy atom. The van der Waals surface area contributed by atoms with Crippen LogP contribution in [0.2, 0.25) is 0 Å². The average Bonchev–Trinajstić information content (AvgIpc) is 2.95. The molecule has 10 nitrogen and oxygen atoms in total. The predicted octanol–water partition coefficient (Wildman–Crippen LogP) is 3.05. The summed E-state index contributed by atoms with van der Waals surface area (Å²) in [6.07, 6.45) is 2.28. The van der Waals surface area contributed by atoms with Gasteiger partial charge in [-0.3, -0.25) is 14.4 Å². The number of nitrogens with zero attached hydrogens (tertiary/aromatic N) is 1. The molecule has 0 spiro atoms. The van der Waals surface area contributed by atoms with Gasteiger partial charge in [0, 0.05) is 12.2 Å². The van der Waals surface area contributed by atoms with Gasteiger partial charge in [-0.15, -0.1) is 0 Å². The topological polar surface area (TPSA) is 127 Å². The van der Waals surface area contributed by atoms with Crippen LogP contribution in [-0.2, 0) is 27.3 Å². The molecule has 0 unspecified atom stereocenters. The molecular weight excluding hydrogens is 488 g/mol. The van der Waals surface area contributed by atoms with E-state index < -0.39 is 11.8 Å². The van der Waals surface area contributed by atoms with E-state index in [1.807, 2.05) is 24.3 Å². The van der Waals surface area contributed by atoms with Crippen LogP contribution in [0.25, 0.3) is 0 Å². The number of benzene rings is 3. The van der Waals surface area contributed by atoms with Gasteiger partial charge in [0.05, 0.1) is 20.4 Å². The molecule has 0 aliphatic carbocycles. The zero-order chi connectivity index (χ0) is 27.3. The summed E-state index contributed by atoms with van der Waals surface area (Å²) in [4.78, 5) is 36.3. The third-order valence-corrected chi connectivity index (χ3v) is 5.39. The van der Waals surface area contributed by atoms with Crippen molar-refractivity contribution in [3.05, 3.63) is 83.4 Å². The van der Waals surface area contributed by atoms with Crippen LogP contribution in [0.1, 0.15) is 23.6 Å². The van der Waals surface area contributed by atoms with E-state index in [9.17, 15) is 14.4 Å². The molecule has 10 heteroatoms. The first-order valence-electron chi connectivity index (χ1n) is 11.9. The van der Waals surface area contributed by atoms with E-state index in [-0.39, 0.29) is 19.1 Å². The third kappa shape index (κ3) is 8.37. The van der Waals surface area contributed by atoms with Crippen LogP contribution < -0.4 is 30.3 Å². The van der Waals surface area contributed by atoms with Crippen molar-refractivity contribution in [3.8, 4) is 17.2 Å². The number of methoxy groups -OCH3 is 2. The Morgan fingerprint density at radius 2 is 1.55 bits per heavy atom. The number of hydrogen-bond donors (Lipinski definition) is 3. The van der Waals surface area contributed by atoms with E-state index in [1.165, 1.54) is 18.9 Å². The maximum atomic E-state index is 12.2. The smallest absolute Gasteiger partial charge is 0.329 e. The lowest BCUT2D eigenvalue weighted by Gasteiger charge is -2.11. The van der Waals surface area contributed by atoms with Crippen molar-refractivity contribution in [2.75, 3.05) is 26.1 Å². The van der Waals surface area contributed by atoms with Crippen LogP contribution in [0.15, 0.2) is 71.8 Å². The second-order valence-corrected chi connectivity index (χ2v) is 8.03. The molecule has 0 radical (unpaired) electrons. The molecule has 0 aliphatic rings. The highest BCUT2D eigenvalue weighted by atomic mass is 16.5. The standard InChI is InChI=1S/C28H30N4O6/c1-4-19-5-10-22(11-6-19)31-26(33)18-38-24-14-9-21(15-25(24)37-3)17-30-32-28(35)27(34)29-16-20-7-12-23(36-2)13-8-20/h5-15,17H,4,16,18H2,1-3H3,(H,29,34)(H,31,33)(H,32,35)/b30-17-. The fourth-order valence-electron chi connectivity index (χ4n) is 3.27. The van der Waals surface area contributed by atoms with E-state index in [4.69, 9.17) is 14.2 Å². The fourth-order valence-corrected chi connectivity index (χ4v) is 3.27. The van der Waals surface area contributed by atoms with Gasteiger partial charge in [-0.1, -0.05) is 31.2 Å². The van der Waals surface area contributed by atoms with Crippen LogP contribution >= 0.6 is 0 Å². The van der Waals surface area contributed by atoms with Crippen molar-refractivity contribution in [2.45, 2.75) is 19.9 Å². The van der Waals surface area contributed by atoms with Gasteiger partial charge in [-0.05, 0) is 65.6 Å². The first-order valence-corrected chi connectivity index (χ1v) is 11.9. The number of aryl methyl sites for hydroxylation is 1. The van der Waals surface area contributed by atoms with Gasteiger partial charge in [-0.25, -0.2) is 5.43 Å². The summed E-state index contributed by atoms with van der Waals surface area (Å²) in [5.74, 6) is -0.603. The highest BCUT2D eigenvalue weighted by molar-refractivity contribution is 6.35. The quantitative estimate of drug-likeness (QED) is 0.203. The Kier molecular flexibility index (Phi) is 10.2. The SMILES string of the molecule is CCc1ccc(NC(=O)COc2ccc(/C=N\NC(=O)C(=O)NCc3ccc(OC)cc3)cc2OC)cc1. The predicted molar refractivity (Wildman–Crippen MR) is 144 cm³/mol. The van der Waals surface area contributed by atoms with E-state index in [1.54, 1.807) is 49.6 Å². The number of ether oxygens (including phenoxy) is 3. The van der Waals surface area contributed by atoms with Gasteiger partial charge < -0.3 is 24.8 Å². The molecule has 38 heavy (non-hydrogen) atoms. The summed E-state index contributed by atoms with van der Waals surface area (Å²) in [5, 5.41) is 9.11. The van der Waals surface area contributed by atoms with E-state index in [0.717, 1.165) is 12.0 Å². The molecule has 3 N–H and O–H groups in total. The van der Waals surface area contributed by atoms with Crippen LogP contribution in [0, 0.1) is 0 Å². The van der Waals surface area contributed by atoms with E-state index in [2.05, 4.69) is 28.1 Å².